The van der Waals surface area contributed by atoms with Crippen molar-refractivity contribution in [1.82, 2.24) is 15.1 Å². The topological polar surface area (TPSA) is 84.2 Å². The van der Waals surface area contributed by atoms with E-state index in [2.05, 4.69) is 10.4 Å². The fourth-order valence-corrected chi connectivity index (χ4v) is 2.02. The van der Waals surface area contributed by atoms with Crippen molar-refractivity contribution in [2.45, 2.75) is 25.9 Å². The highest BCUT2D eigenvalue weighted by molar-refractivity contribution is 5.94. The van der Waals surface area contributed by atoms with Crippen LogP contribution in [0.2, 0.25) is 0 Å². The Morgan fingerprint density at radius 3 is 2.59 bits per heavy atom. The van der Waals surface area contributed by atoms with Crippen LogP contribution in [0.15, 0.2) is 36.7 Å². The van der Waals surface area contributed by atoms with Gasteiger partial charge in [0.05, 0.1) is 24.2 Å². The Morgan fingerprint density at radius 2 is 2.05 bits per heavy atom. The zero-order valence-electron chi connectivity index (χ0n) is 12.0. The normalized spacial score (nSPS) is 11.9. The molecule has 7 heteroatoms. The summed E-state index contributed by atoms with van der Waals surface area (Å²) in [4.78, 5) is 23.2. The number of rotatable bonds is 6. The molecule has 0 radical (unpaired) electrons. The Balaban J connectivity index is 2.17. The molecule has 1 atom stereocenters. The number of hydrogen-bond donors (Lipinski definition) is 2. The lowest BCUT2D eigenvalue weighted by Crippen LogP contribution is -2.30. The van der Waals surface area contributed by atoms with Crippen molar-refractivity contribution < 1.29 is 19.1 Å². The second kappa shape index (κ2) is 6.84. The van der Waals surface area contributed by atoms with Crippen LogP contribution in [0.5, 0.6) is 0 Å². The molecule has 1 amide bonds. The van der Waals surface area contributed by atoms with Gasteiger partial charge < -0.3 is 10.4 Å². The predicted octanol–water partition coefficient (Wildman–Crippen LogP) is 1.99. The van der Waals surface area contributed by atoms with E-state index in [1.54, 1.807) is 10.9 Å². The van der Waals surface area contributed by atoms with Crippen LogP contribution >= 0.6 is 0 Å². The summed E-state index contributed by atoms with van der Waals surface area (Å²) >= 11 is 0. The third-order valence-corrected chi connectivity index (χ3v) is 3.18. The lowest BCUT2D eigenvalue weighted by molar-refractivity contribution is -0.137. The van der Waals surface area contributed by atoms with Crippen molar-refractivity contribution >= 4 is 11.9 Å². The first-order chi connectivity index (χ1) is 10.5. The number of nitrogens with one attached hydrogen (secondary N) is 1. The zero-order valence-corrected chi connectivity index (χ0v) is 12.0. The zero-order chi connectivity index (χ0) is 16.1. The molecule has 1 heterocycles. The molecule has 2 N–H and O–H groups in total. The number of carbonyl (C=O) groups excluding carboxylic acids is 1. The van der Waals surface area contributed by atoms with E-state index in [0.717, 1.165) is 0 Å². The third kappa shape index (κ3) is 3.91. The van der Waals surface area contributed by atoms with Gasteiger partial charge in [-0.2, -0.15) is 5.10 Å². The van der Waals surface area contributed by atoms with Gasteiger partial charge in [-0.1, -0.05) is 12.1 Å². The number of benzene rings is 1. The molecule has 1 aromatic carbocycles. The van der Waals surface area contributed by atoms with Gasteiger partial charge in [0.15, 0.2) is 0 Å². The Kier molecular flexibility index (Phi) is 4.88. The van der Waals surface area contributed by atoms with Gasteiger partial charge in [0.2, 0.25) is 0 Å². The van der Waals surface area contributed by atoms with Gasteiger partial charge in [-0.15, -0.1) is 0 Å². The summed E-state index contributed by atoms with van der Waals surface area (Å²) in [5.74, 6) is -1.90. The SMILES string of the molecule is CCn1cc(C(=O)N[C@@H](CC(=O)O)c2ccc(F)cc2)cn1. The number of aryl methyl sites for hydroxylation is 1. The van der Waals surface area contributed by atoms with Crippen molar-refractivity contribution in [2.24, 2.45) is 0 Å². The third-order valence-electron chi connectivity index (χ3n) is 3.18. The highest BCUT2D eigenvalue weighted by Crippen LogP contribution is 2.18. The van der Waals surface area contributed by atoms with E-state index in [1.165, 1.54) is 30.5 Å². The standard InChI is InChI=1S/C15H16FN3O3/c1-2-19-9-11(8-17-19)15(22)18-13(7-14(20)21)10-3-5-12(16)6-4-10/h3-6,8-9,13H,2,7H2,1H3,(H,18,22)(H,20,21)/t13-/m0/s1. The molecule has 0 fully saturated rings. The van der Waals surface area contributed by atoms with Gasteiger partial charge in [-0.3, -0.25) is 14.3 Å². The second-order valence-corrected chi connectivity index (χ2v) is 4.76. The van der Waals surface area contributed by atoms with Gasteiger partial charge in [-0.05, 0) is 24.6 Å². The monoisotopic (exact) mass is 305 g/mol. The molecule has 0 saturated carbocycles. The maximum Gasteiger partial charge on any atom is 0.305 e. The molecule has 0 aliphatic heterocycles. The lowest BCUT2D eigenvalue weighted by atomic mass is 10.0. The summed E-state index contributed by atoms with van der Waals surface area (Å²) < 4.78 is 14.6. The van der Waals surface area contributed by atoms with Crippen molar-refractivity contribution in [3.05, 3.63) is 53.6 Å². The van der Waals surface area contributed by atoms with Gasteiger partial charge in [-0.25, -0.2) is 4.39 Å². The van der Waals surface area contributed by atoms with Crippen LogP contribution in [-0.4, -0.2) is 26.8 Å². The van der Waals surface area contributed by atoms with E-state index in [4.69, 9.17) is 5.11 Å². The van der Waals surface area contributed by atoms with Crippen molar-refractivity contribution in [3.8, 4) is 0 Å². The molecule has 22 heavy (non-hydrogen) atoms. The van der Waals surface area contributed by atoms with Crippen molar-refractivity contribution in [1.29, 1.82) is 0 Å². The number of hydrogen-bond acceptors (Lipinski definition) is 3. The van der Waals surface area contributed by atoms with Crippen LogP contribution in [0.1, 0.15) is 35.3 Å². The molecule has 2 aromatic rings. The van der Waals surface area contributed by atoms with Crippen molar-refractivity contribution in [2.75, 3.05) is 0 Å². The largest absolute Gasteiger partial charge is 0.481 e. The maximum atomic E-state index is 13.0. The minimum Gasteiger partial charge on any atom is -0.481 e. The second-order valence-electron chi connectivity index (χ2n) is 4.76. The molecule has 2 rings (SSSR count). The molecular weight excluding hydrogens is 289 g/mol. The highest BCUT2D eigenvalue weighted by Gasteiger charge is 2.19. The maximum absolute atomic E-state index is 13.0. The van der Waals surface area contributed by atoms with E-state index < -0.39 is 23.7 Å². The van der Waals surface area contributed by atoms with Crippen molar-refractivity contribution in [3.63, 3.8) is 0 Å². The molecule has 0 aliphatic carbocycles. The molecule has 0 unspecified atom stereocenters. The van der Waals surface area contributed by atoms with E-state index in [0.29, 0.717) is 17.7 Å². The van der Waals surface area contributed by atoms with Gasteiger partial charge >= 0.3 is 5.97 Å². The van der Waals surface area contributed by atoms with Crippen LogP contribution in [0.3, 0.4) is 0 Å². The summed E-state index contributed by atoms with van der Waals surface area (Å²) in [6.07, 6.45) is 2.71. The number of nitrogens with zero attached hydrogens (tertiary/aromatic N) is 2. The summed E-state index contributed by atoms with van der Waals surface area (Å²) in [6, 6.07) is 4.63. The number of carboxylic acids is 1. The molecule has 6 nitrogen and oxygen atoms in total. The quantitative estimate of drug-likeness (QED) is 0.855. The van der Waals surface area contributed by atoms with Gasteiger partial charge in [0.25, 0.3) is 5.91 Å². The molecular formula is C15H16FN3O3. The lowest BCUT2D eigenvalue weighted by Gasteiger charge is -2.17. The number of halogens is 1. The van der Waals surface area contributed by atoms with Crippen LogP contribution in [-0.2, 0) is 11.3 Å². The number of carbonyl (C=O) groups is 2. The summed E-state index contributed by atoms with van der Waals surface area (Å²) in [6.45, 7) is 2.52. The molecule has 1 aromatic heterocycles. The summed E-state index contributed by atoms with van der Waals surface area (Å²) in [5, 5.41) is 15.6. The average Bonchev–Trinajstić information content (AvgIpc) is 2.96. The minimum absolute atomic E-state index is 0.292. The van der Waals surface area contributed by atoms with Crippen LogP contribution in [0.25, 0.3) is 0 Å². The van der Waals surface area contributed by atoms with Crippen LogP contribution in [0.4, 0.5) is 4.39 Å². The molecule has 0 bridgehead atoms. The highest BCUT2D eigenvalue weighted by atomic mass is 19.1. The molecule has 116 valence electrons. The predicted molar refractivity (Wildman–Crippen MR) is 76.8 cm³/mol. The fraction of sp³-hybridized carbons (Fsp3) is 0.267. The fourth-order valence-electron chi connectivity index (χ4n) is 2.02. The Hall–Kier alpha value is -2.70. The van der Waals surface area contributed by atoms with Gasteiger partial charge in [0.1, 0.15) is 5.82 Å². The first-order valence-electron chi connectivity index (χ1n) is 6.80. The molecule has 0 saturated heterocycles. The Morgan fingerprint density at radius 1 is 1.36 bits per heavy atom. The van der Waals surface area contributed by atoms with E-state index in [-0.39, 0.29) is 6.42 Å². The Labute approximate surface area is 126 Å². The van der Waals surface area contributed by atoms with E-state index in [1.807, 2.05) is 6.92 Å². The number of aliphatic carboxylic acids is 1. The number of aromatic nitrogens is 2. The number of amides is 1. The van der Waals surface area contributed by atoms with Crippen LogP contribution < -0.4 is 5.32 Å². The number of carboxylic acid groups (broad SMARTS) is 1. The smallest absolute Gasteiger partial charge is 0.305 e. The average molecular weight is 305 g/mol. The minimum atomic E-state index is -1.06. The summed E-state index contributed by atoms with van der Waals surface area (Å²) in [7, 11) is 0. The van der Waals surface area contributed by atoms with E-state index in [9.17, 15) is 14.0 Å². The first kappa shape index (κ1) is 15.7. The molecule has 0 aliphatic rings. The van der Waals surface area contributed by atoms with E-state index >= 15 is 0 Å². The first-order valence-corrected chi connectivity index (χ1v) is 6.80. The summed E-state index contributed by atoms with van der Waals surface area (Å²) in [5.41, 5.74) is 0.874. The van der Waals surface area contributed by atoms with Gasteiger partial charge in [0, 0.05) is 12.7 Å². The molecule has 0 spiro atoms. The van der Waals surface area contributed by atoms with Crippen LogP contribution in [0, 0.1) is 5.82 Å². The Bertz CT molecular complexity index is 667.